The van der Waals surface area contributed by atoms with E-state index >= 15 is 0 Å². The SMILES string of the molecule is Nc1nccc(-c2ccc(NC(=O)N(S)c3ccc(NC(=O)c4ccccc4F)cc3)cc2Cl)n1. The number of amides is 3. The Balaban J connectivity index is 1.41. The topological polar surface area (TPSA) is 113 Å². The number of nitrogens with one attached hydrogen (secondary N) is 2. The zero-order valence-electron chi connectivity index (χ0n) is 17.9. The van der Waals surface area contributed by atoms with E-state index < -0.39 is 17.8 Å². The summed E-state index contributed by atoms with van der Waals surface area (Å²) in [7, 11) is 0. The van der Waals surface area contributed by atoms with Crippen LogP contribution in [0.3, 0.4) is 0 Å². The van der Waals surface area contributed by atoms with Crippen LogP contribution < -0.4 is 20.7 Å². The van der Waals surface area contributed by atoms with Crippen molar-refractivity contribution in [2.24, 2.45) is 0 Å². The molecule has 4 N–H and O–H groups in total. The third kappa shape index (κ3) is 5.68. The Kier molecular flexibility index (Phi) is 7.14. The number of hydrogen-bond acceptors (Lipinski definition) is 6. The summed E-state index contributed by atoms with van der Waals surface area (Å²) in [6.07, 6.45) is 1.53. The number of urea groups is 1. The summed E-state index contributed by atoms with van der Waals surface area (Å²) in [5.41, 5.74) is 8.05. The number of rotatable bonds is 5. The molecule has 176 valence electrons. The van der Waals surface area contributed by atoms with Crippen molar-refractivity contribution in [2.45, 2.75) is 0 Å². The number of nitrogen functional groups attached to an aromatic ring is 1. The minimum Gasteiger partial charge on any atom is -0.368 e. The second-order valence-electron chi connectivity index (χ2n) is 7.22. The first-order valence-electron chi connectivity index (χ1n) is 10.2. The third-order valence-electron chi connectivity index (χ3n) is 4.85. The Morgan fingerprint density at radius 3 is 2.37 bits per heavy atom. The summed E-state index contributed by atoms with van der Waals surface area (Å²) < 4.78 is 14.9. The number of carbonyl (C=O) groups is 2. The molecule has 4 aromatic rings. The Labute approximate surface area is 210 Å². The van der Waals surface area contributed by atoms with Crippen molar-refractivity contribution in [3.63, 3.8) is 0 Å². The summed E-state index contributed by atoms with van der Waals surface area (Å²) >= 11 is 10.6. The Morgan fingerprint density at radius 1 is 0.971 bits per heavy atom. The summed E-state index contributed by atoms with van der Waals surface area (Å²) in [6, 6.07) is 18.1. The Hall–Kier alpha value is -4.15. The zero-order chi connectivity index (χ0) is 24.9. The lowest BCUT2D eigenvalue weighted by molar-refractivity contribution is 0.102. The highest BCUT2D eigenvalue weighted by Gasteiger charge is 2.15. The number of benzene rings is 3. The van der Waals surface area contributed by atoms with Crippen molar-refractivity contribution in [1.82, 2.24) is 9.97 Å². The molecule has 3 aromatic carbocycles. The second kappa shape index (κ2) is 10.4. The van der Waals surface area contributed by atoms with E-state index in [2.05, 4.69) is 33.4 Å². The molecule has 11 heteroatoms. The molecule has 35 heavy (non-hydrogen) atoms. The molecular formula is C24H18ClFN6O2S. The maximum Gasteiger partial charge on any atom is 0.336 e. The molecule has 8 nitrogen and oxygen atoms in total. The number of carbonyl (C=O) groups excluding carboxylic acids is 2. The number of nitrogens with two attached hydrogens (primary N) is 1. The van der Waals surface area contributed by atoms with Gasteiger partial charge in [0.1, 0.15) is 5.82 Å². The average Bonchev–Trinajstić information content (AvgIpc) is 2.84. The van der Waals surface area contributed by atoms with Crippen LogP contribution in [0.4, 0.5) is 32.2 Å². The average molecular weight is 509 g/mol. The highest BCUT2D eigenvalue weighted by Crippen LogP contribution is 2.30. The molecular weight excluding hydrogens is 491 g/mol. The predicted octanol–water partition coefficient (Wildman–Crippen LogP) is 5.65. The normalized spacial score (nSPS) is 10.5. The van der Waals surface area contributed by atoms with Gasteiger partial charge in [0.15, 0.2) is 0 Å². The van der Waals surface area contributed by atoms with Gasteiger partial charge in [0.2, 0.25) is 5.95 Å². The largest absolute Gasteiger partial charge is 0.368 e. The minimum absolute atomic E-state index is 0.0698. The highest BCUT2D eigenvalue weighted by atomic mass is 35.5. The monoisotopic (exact) mass is 508 g/mol. The van der Waals surface area contributed by atoms with Crippen LogP contribution in [0.5, 0.6) is 0 Å². The fraction of sp³-hybridized carbons (Fsp3) is 0. The Bertz CT molecular complexity index is 1400. The molecule has 0 aliphatic carbocycles. The van der Waals surface area contributed by atoms with Crippen LogP contribution in [0.1, 0.15) is 10.4 Å². The van der Waals surface area contributed by atoms with Gasteiger partial charge in [-0.25, -0.2) is 23.5 Å². The van der Waals surface area contributed by atoms with Crippen molar-refractivity contribution < 1.29 is 14.0 Å². The molecule has 0 aliphatic rings. The smallest absolute Gasteiger partial charge is 0.336 e. The van der Waals surface area contributed by atoms with Gasteiger partial charge in [-0.05, 0) is 60.7 Å². The van der Waals surface area contributed by atoms with Crippen molar-refractivity contribution in [3.05, 3.63) is 95.4 Å². The minimum atomic E-state index is -0.617. The number of hydrogen-bond donors (Lipinski definition) is 4. The first kappa shape index (κ1) is 24.0. The van der Waals surface area contributed by atoms with Crippen LogP contribution in [0.25, 0.3) is 11.3 Å². The lowest BCUT2D eigenvalue weighted by Crippen LogP contribution is -2.26. The molecule has 0 atom stereocenters. The van der Waals surface area contributed by atoms with E-state index in [9.17, 15) is 14.0 Å². The molecule has 0 aliphatic heterocycles. The number of halogens is 2. The van der Waals surface area contributed by atoms with Crippen LogP contribution in [0.15, 0.2) is 79.0 Å². The maximum atomic E-state index is 13.8. The van der Waals surface area contributed by atoms with E-state index in [0.29, 0.717) is 33.3 Å². The van der Waals surface area contributed by atoms with Crippen LogP contribution in [-0.2, 0) is 0 Å². The summed E-state index contributed by atoms with van der Waals surface area (Å²) in [5.74, 6) is -1.07. The van der Waals surface area contributed by atoms with E-state index in [1.165, 1.54) is 24.4 Å². The van der Waals surface area contributed by atoms with Gasteiger partial charge in [-0.2, -0.15) is 0 Å². The molecule has 4 rings (SSSR count). The first-order valence-corrected chi connectivity index (χ1v) is 10.9. The van der Waals surface area contributed by atoms with E-state index in [1.54, 1.807) is 54.6 Å². The molecule has 0 unspecified atom stereocenters. The number of anilines is 4. The van der Waals surface area contributed by atoms with Gasteiger partial charge >= 0.3 is 6.03 Å². The van der Waals surface area contributed by atoms with Gasteiger partial charge in [0.25, 0.3) is 5.91 Å². The van der Waals surface area contributed by atoms with Gasteiger partial charge in [0.05, 0.1) is 22.0 Å². The van der Waals surface area contributed by atoms with Gasteiger partial charge in [0, 0.05) is 23.1 Å². The summed E-state index contributed by atoms with van der Waals surface area (Å²) in [4.78, 5) is 32.9. The van der Waals surface area contributed by atoms with Gasteiger partial charge in [-0.3, -0.25) is 4.79 Å². The molecule has 0 saturated heterocycles. The fourth-order valence-corrected chi connectivity index (χ4v) is 3.61. The third-order valence-corrected chi connectivity index (χ3v) is 5.58. The molecule has 0 spiro atoms. The van der Waals surface area contributed by atoms with E-state index in [1.807, 2.05) is 0 Å². The van der Waals surface area contributed by atoms with Gasteiger partial charge in [-0.1, -0.05) is 36.5 Å². The second-order valence-corrected chi connectivity index (χ2v) is 8.02. The number of aromatic nitrogens is 2. The number of nitrogens with zero attached hydrogens (tertiary/aromatic N) is 3. The molecule has 0 radical (unpaired) electrons. The summed E-state index contributed by atoms with van der Waals surface area (Å²) in [6.45, 7) is 0. The van der Waals surface area contributed by atoms with Crippen LogP contribution in [0.2, 0.25) is 5.02 Å². The van der Waals surface area contributed by atoms with Crippen LogP contribution >= 0.6 is 24.4 Å². The van der Waals surface area contributed by atoms with E-state index in [4.69, 9.17) is 17.3 Å². The standard InChI is InChI=1S/C24H18ClFN6O2S/c25-19-13-15(7-10-17(19)21-11-12-28-23(27)31-21)30-24(34)32(35)16-8-5-14(6-9-16)29-22(33)18-3-1-2-4-20(18)26/h1-13,35H,(H,29,33)(H,30,34)(H2,27,28,31). The van der Waals surface area contributed by atoms with Gasteiger partial charge < -0.3 is 16.4 Å². The first-order chi connectivity index (χ1) is 16.8. The number of thiol groups is 1. The van der Waals surface area contributed by atoms with Crippen molar-refractivity contribution >= 4 is 59.4 Å². The summed E-state index contributed by atoms with van der Waals surface area (Å²) in [5, 5.41) is 5.67. The fourth-order valence-electron chi connectivity index (χ4n) is 3.15. The van der Waals surface area contributed by atoms with Crippen molar-refractivity contribution in [3.8, 4) is 11.3 Å². The van der Waals surface area contributed by atoms with Crippen LogP contribution in [0, 0.1) is 5.82 Å². The lowest BCUT2D eigenvalue weighted by atomic mass is 10.1. The molecule has 0 bridgehead atoms. The highest BCUT2D eigenvalue weighted by molar-refractivity contribution is 7.82. The maximum absolute atomic E-state index is 13.8. The quantitative estimate of drug-likeness (QED) is 0.260. The molecule has 0 saturated carbocycles. The van der Waals surface area contributed by atoms with Crippen LogP contribution in [-0.4, -0.2) is 21.9 Å². The Morgan fingerprint density at radius 2 is 1.69 bits per heavy atom. The van der Waals surface area contributed by atoms with E-state index in [-0.39, 0.29) is 11.5 Å². The molecule has 0 fully saturated rings. The lowest BCUT2D eigenvalue weighted by Gasteiger charge is -2.17. The zero-order valence-corrected chi connectivity index (χ0v) is 19.6. The van der Waals surface area contributed by atoms with Crippen molar-refractivity contribution in [1.29, 1.82) is 0 Å². The molecule has 1 aromatic heterocycles. The molecule has 1 heterocycles. The van der Waals surface area contributed by atoms with Crippen molar-refractivity contribution in [2.75, 3.05) is 20.7 Å². The van der Waals surface area contributed by atoms with E-state index in [0.717, 1.165) is 4.31 Å². The molecule has 3 amide bonds. The predicted molar refractivity (Wildman–Crippen MR) is 138 cm³/mol. The van der Waals surface area contributed by atoms with Gasteiger partial charge in [-0.15, -0.1) is 0 Å².